The van der Waals surface area contributed by atoms with Gasteiger partial charge in [0.2, 0.25) is 11.8 Å². The van der Waals surface area contributed by atoms with Crippen molar-refractivity contribution in [2.75, 3.05) is 29.9 Å². The minimum Gasteiger partial charge on any atom is -0.484 e. The minimum atomic E-state index is -0.642. The fraction of sp³-hybridized carbons (Fsp3) is 0.348. The van der Waals surface area contributed by atoms with E-state index in [1.165, 1.54) is 0 Å². The van der Waals surface area contributed by atoms with Gasteiger partial charge in [-0.2, -0.15) is 0 Å². The Kier molecular flexibility index (Phi) is 7.71. The van der Waals surface area contributed by atoms with E-state index in [0.717, 1.165) is 5.56 Å². The van der Waals surface area contributed by atoms with E-state index in [9.17, 15) is 19.5 Å². The van der Waals surface area contributed by atoms with Crippen molar-refractivity contribution in [3.63, 3.8) is 0 Å². The minimum absolute atomic E-state index is 0.118. The fourth-order valence-electron chi connectivity index (χ4n) is 3.31. The zero-order chi connectivity index (χ0) is 23.3. The van der Waals surface area contributed by atoms with Crippen molar-refractivity contribution >= 4 is 40.7 Å². The van der Waals surface area contributed by atoms with Crippen LogP contribution in [0.4, 0.5) is 11.4 Å². The number of anilines is 2. The molecule has 1 aliphatic rings. The molecule has 1 aliphatic heterocycles. The molecule has 0 saturated carbocycles. The van der Waals surface area contributed by atoms with Crippen molar-refractivity contribution in [2.45, 2.75) is 26.4 Å². The third-order valence-electron chi connectivity index (χ3n) is 5.06. The van der Waals surface area contributed by atoms with E-state index in [4.69, 9.17) is 16.3 Å². The molecule has 170 valence electrons. The van der Waals surface area contributed by atoms with Gasteiger partial charge in [0.25, 0.3) is 5.91 Å². The largest absolute Gasteiger partial charge is 0.484 e. The maximum absolute atomic E-state index is 12.4. The van der Waals surface area contributed by atoms with Crippen molar-refractivity contribution in [3.05, 3.63) is 53.1 Å². The molecule has 1 saturated heterocycles. The van der Waals surface area contributed by atoms with Crippen LogP contribution in [-0.4, -0.2) is 48.6 Å². The maximum atomic E-state index is 12.4. The summed E-state index contributed by atoms with van der Waals surface area (Å²) in [5.74, 6) is -0.699. The summed E-state index contributed by atoms with van der Waals surface area (Å²) in [7, 11) is 0. The van der Waals surface area contributed by atoms with Gasteiger partial charge in [0.05, 0.1) is 12.0 Å². The SMILES string of the molecule is Cc1ccc(Cl)cc1NC(=O)COc1ccc(N2C[C@H](C(=O)NC[C@@H](C)O)CC2=O)cc1. The molecule has 9 heteroatoms. The second-order valence-corrected chi connectivity index (χ2v) is 8.23. The van der Waals surface area contributed by atoms with Gasteiger partial charge in [-0.25, -0.2) is 0 Å². The van der Waals surface area contributed by atoms with E-state index in [1.807, 2.05) is 13.0 Å². The lowest BCUT2D eigenvalue weighted by atomic mass is 10.1. The van der Waals surface area contributed by atoms with Gasteiger partial charge in [-0.3, -0.25) is 14.4 Å². The van der Waals surface area contributed by atoms with Crippen LogP contribution in [-0.2, 0) is 14.4 Å². The first-order valence-electron chi connectivity index (χ1n) is 10.3. The highest BCUT2D eigenvalue weighted by Gasteiger charge is 2.35. The first-order chi connectivity index (χ1) is 15.2. The van der Waals surface area contributed by atoms with Crippen LogP contribution in [0.2, 0.25) is 5.02 Å². The molecule has 0 unspecified atom stereocenters. The van der Waals surface area contributed by atoms with Gasteiger partial charge < -0.3 is 25.4 Å². The van der Waals surface area contributed by atoms with Crippen LogP contribution in [0.3, 0.4) is 0 Å². The summed E-state index contributed by atoms with van der Waals surface area (Å²) in [4.78, 5) is 38.3. The Morgan fingerprint density at radius 3 is 2.66 bits per heavy atom. The fourth-order valence-corrected chi connectivity index (χ4v) is 3.48. The molecule has 2 atom stereocenters. The van der Waals surface area contributed by atoms with Gasteiger partial charge in [0.15, 0.2) is 6.61 Å². The van der Waals surface area contributed by atoms with E-state index >= 15 is 0 Å². The molecule has 0 radical (unpaired) electrons. The Bertz CT molecular complexity index is 994. The van der Waals surface area contributed by atoms with Crippen LogP contribution < -0.4 is 20.3 Å². The highest BCUT2D eigenvalue weighted by molar-refractivity contribution is 6.31. The Labute approximate surface area is 191 Å². The maximum Gasteiger partial charge on any atom is 0.262 e. The van der Waals surface area contributed by atoms with E-state index in [-0.39, 0.29) is 43.8 Å². The summed E-state index contributed by atoms with van der Waals surface area (Å²) in [6, 6.07) is 12.0. The summed E-state index contributed by atoms with van der Waals surface area (Å²) >= 11 is 5.96. The first-order valence-corrected chi connectivity index (χ1v) is 10.7. The van der Waals surface area contributed by atoms with Gasteiger partial charge >= 0.3 is 0 Å². The molecule has 32 heavy (non-hydrogen) atoms. The van der Waals surface area contributed by atoms with Crippen molar-refractivity contribution in [1.29, 1.82) is 0 Å². The van der Waals surface area contributed by atoms with Gasteiger partial charge in [0.1, 0.15) is 5.75 Å². The average molecular weight is 460 g/mol. The lowest BCUT2D eigenvalue weighted by Crippen LogP contribution is -2.36. The predicted molar refractivity (Wildman–Crippen MR) is 122 cm³/mol. The summed E-state index contributed by atoms with van der Waals surface area (Å²) in [5, 5.41) is 15.2. The van der Waals surface area contributed by atoms with Crippen LogP contribution >= 0.6 is 11.6 Å². The topological polar surface area (TPSA) is 108 Å². The highest BCUT2D eigenvalue weighted by Crippen LogP contribution is 2.27. The van der Waals surface area contributed by atoms with Gasteiger partial charge in [-0.15, -0.1) is 0 Å². The van der Waals surface area contributed by atoms with Crippen molar-refractivity contribution < 1.29 is 24.2 Å². The molecule has 3 amide bonds. The summed E-state index contributed by atoms with van der Waals surface area (Å²) in [6.07, 6.45) is -0.524. The van der Waals surface area contributed by atoms with Crippen LogP contribution in [0.15, 0.2) is 42.5 Å². The zero-order valence-corrected chi connectivity index (χ0v) is 18.7. The number of nitrogens with zero attached hydrogens (tertiary/aromatic N) is 1. The molecule has 3 rings (SSSR count). The molecule has 2 aromatic carbocycles. The Balaban J connectivity index is 1.52. The number of carbonyl (C=O) groups excluding carboxylic acids is 3. The molecule has 0 aliphatic carbocycles. The molecule has 1 heterocycles. The normalized spacial score (nSPS) is 16.6. The summed E-state index contributed by atoms with van der Waals surface area (Å²) in [6.45, 7) is 3.69. The van der Waals surface area contributed by atoms with Crippen molar-refractivity contribution in [3.8, 4) is 5.75 Å². The highest BCUT2D eigenvalue weighted by atomic mass is 35.5. The van der Waals surface area contributed by atoms with E-state index in [2.05, 4.69) is 10.6 Å². The van der Waals surface area contributed by atoms with Crippen molar-refractivity contribution in [2.24, 2.45) is 5.92 Å². The Morgan fingerprint density at radius 2 is 1.97 bits per heavy atom. The second kappa shape index (κ2) is 10.5. The molecule has 0 bridgehead atoms. The lowest BCUT2D eigenvalue weighted by molar-refractivity contribution is -0.126. The monoisotopic (exact) mass is 459 g/mol. The van der Waals surface area contributed by atoms with Crippen molar-refractivity contribution in [1.82, 2.24) is 5.32 Å². The third kappa shape index (κ3) is 6.21. The number of amides is 3. The number of benzene rings is 2. The number of rotatable bonds is 8. The quantitative estimate of drug-likeness (QED) is 0.562. The first kappa shape index (κ1) is 23.6. The van der Waals surface area contributed by atoms with E-state index < -0.39 is 12.0 Å². The molecule has 0 spiro atoms. The third-order valence-corrected chi connectivity index (χ3v) is 5.29. The molecular weight excluding hydrogens is 434 g/mol. The molecular formula is C23H26ClN3O5. The van der Waals surface area contributed by atoms with Gasteiger partial charge in [-0.05, 0) is 55.8 Å². The standard InChI is InChI=1S/C23H26ClN3O5/c1-14-3-4-17(24)10-20(14)26-21(29)13-32-19-7-5-18(6-8-19)27-12-16(9-22(27)30)23(31)25-11-15(2)28/h3-8,10,15-16,28H,9,11-13H2,1-2H3,(H,25,31)(H,26,29)/t15-,16-/m1/s1. The van der Waals surface area contributed by atoms with E-state index in [0.29, 0.717) is 22.1 Å². The van der Waals surface area contributed by atoms with Crippen LogP contribution in [0.1, 0.15) is 18.9 Å². The van der Waals surface area contributed by atoms with Crippen LogP contribution in [0, 0.1) is 12.8 Å². The molecule has 1 fully saturated rings. The number of aliphatic hydroxyl groups is 1. The summed E-state index contributed by atoms with van der Waals surface area (Å²) < 4.78 is 5.53. The Morgan fingerprint density at radius 1 is 1.25 bits per heavy atom. The number of carbonyl (C=O) groups is 3. The predicted octanol–water partition coefficient (Wildman–Crippen LogP) is 2.52. The smallest absolute Gasteiger partial charge is 0.262 e. The molecule has 8 nitrogen and oxygen atoms in total. The number of hydrogen-bond donors (Lipinski definition) is 3. The molecule has 0 aromatic heterocycles. The number of halogens is 1. The number of nitrogens with one attached hydrogen (secondary N) is 2. The zero-order valence-electron chi connectivity index (χ0n) is 17.9. The number of ether oxygens (including phenoxy) is 1. The number of aliphatic hydroxyl groups excluding tert-OH is 1. The van der Waals surface area contributed by atoms with Gasteiger partial charge in [0, 0.05) is 35.9 Å². The molecule has 2 aromatic rings. The lowest BCUT2D eigenvalue weighted by Gasteiger charge is -2.17. The van der Waals surface area contributed by atoms with Gasteiger partial charge in [-0.1, -0.05) is 17.7 Å². The number of aryl methyl sites for hydroxylation is 1. The average Bonchev–Trinajstić information content (AvgIpc) is 3.15. The summed E-state index contributed by atoms with van der Waals surface area (Å²) in [5.41, 5.74) is 2.16. The molecule has 3 N–H and O–H groups in total. The Hall–Kier alpha value is -3.10. The van der Waals surface area contributed by atoms with Crippen LogP contribution in [0.5, 0.6) is 5.75 Å². The second-order valence-electron chi connectivity index (χ2n) is 7.79. The van der Waals surface area contributed by atoms with E-state index in [1.54, 1.807) is 48.2 Å². The number of hydrogen-bond acceptors (Lipinski definition) is 5. The van der Waals surface area contributed by atoms with Crippen LogP contribution in [0.25, 0.3) is 0 Å².